The first-order chi connectivity index (χ1) is 16.7. The van der Waals surface area contributed by atoms with Crippen LogP contribution in [0.2, 0.25) is 0 Å². The van der Waals surface area contributed by atoms with Gasteiger partial charge in [0.1, 0.15) is 5.75 Å². The fourth-order valence-electron chi connectivity index (χ4n) is 4.00. The molecule has 0 fully saturated rings. The average molecular weight is 483 g/mol. The number of aryl methyl sites for hydroxylation is 1. The number of nitrogens with one attached hydrogen (secondary N) is 1. The summed E-state index contributed by atoms with van der Waals surface area (Å²) in [6, 6.07) is 21.2. The number of halogens is 3. The molecule has 0 aliphatic carbocycles. The fraction of sp³-hybridized carbons (Fsp3) is 0.231. The Morgan fingerprint density at radius 1 is 1.06 bits per heavy atom. The van der Waals surface area contributed by atoms with Gasteiger partial charge in [-0.05, 0) is 67.3 Å². The third-order valence-corrected chi connectivity index (χ3v) is 5.54. The van der Waals surface area contributed by atoms with Crippen molar-refractivity contribution in [1.82, 2.24) is 9.55 Å². The van der Waals surface area contributed by atoms with Crippen LogP contribution in [0.15, 0.2) is 72.8 Å². The van der Waals surface area contributed by atoms with Gasteiger partial charge in [0.05, 0.1) is 11.0 Å². The van der Waals surface area contributed by atoms with Crippen molar-refractivity contribution in [3.05, 3.63) is 83.9 Å². The Balaban J connectivity index is 1.66. The van der Waals surface area contributed by atoms with E-state index in [1.807, 2.05) is 53.1 Å². The third-order valence-electron chi connectivity index (χ3n) is 5.54. The number of rotatable bonds is 9. The number of carboxylic acid groups (broad SMARTS) is 1. The molecule has 1 atom stereocenters. The minimum atomic E-state index is -4.76. The van der Waals surface area contributed by atoms with Gasteiger partial charge in [-0.15, -0.1) is 13.2 Å². The quantitative estimate of drug-likeness (QED) is 0.284. The molecule has 3 aromatic carbocycles. The van der Waals surface area contributed by atoms with Gasteiger partial charge in [-0.25, -0.2) is 4.98 Å². The average Bonchev–Trinajstić information content (AvgIpc) is 3.16. The molecule has 1 unspecified atom stereocenters. The van der Waals surface area contributed by atoms with Gasteiger partial charge in [0, 0.05) is 18.2 Å². The Morgan fingerprint density at radius 2 is 1.77 bits per heavy atom. The highest BCUT2D eigenvalue weighted by molar-refractivity contribution is 5.81. The summed E-state index contributed by atoms with van der Waals surface area (Å²) in [7, 11) is 0. The van der Waals surface area contributed by atoms with Crippen LogP contribution >= 0.6 is 0 Å². The zero-order valence-electron chi connectivity index (χ0n) is 18.9. The Hall–Kier alpha value is -4.01. The zero-order chi connectivity index (χ0) is 25.0. The van der Waals surface area contributed by atoms with Crippen LogP contribution in [-0.2, 0) is 17.6 Å². The summed E-state index contributed by atoms with van der Waals surface area (Å²) in [4.78, 5) is 15.7. The molecule has 1 heterocycles. The zero-order valence-corrected chi connectivity index (χ0v) is 18.9. The number of carbonyl (C=O) groups is 1. The van der Waals surface area contributed by atoms with E-state index in [-0.39, 0.29) is 18.2 Å². The molecule has 35 heavy (non-hydrogen) atoms. The fourth-order valence-corrected chi connectivity index (χ4v) is 4.00. The van der Waals surface area contributed by atoms with Gasteiger partial charge in [0.25, 0.3) is 0 Å². The van der Waals surface area contributed by atoms with Crippen LogP contribution in [0.25, 0.3) is 11.0 Å². The lowest BCUT2D eigenvalue weighted by atomic mass is 10.1. The number of aromatic nitrogens is 2. The molecule has 0 aliphatic heterocycles. The maximum absolute atomic E-state index is 12.5. The minimum Gasteiger partial charge on any atom is -0.481 e. The molecule has 9 heteroatoms. The van der Waals surface area contributed by atoms with E-state index in [1.54, 1.807) is 0 Å². The second-order valence-corrected chi connectivity index (χ2v) is 8.26. The van der Waals surface area contributed by atoms with Gasteiger partial charge in [0.2, 0.25) is 5.95 Å². The van der Waals surface area contributed by atoms with E-state index in [0.29, 0.717) is 23.6 Å². The molecule has 2 N–H and O–H groups in total. The molecular formula is C26H24F3N3O3. The molecule has 182 valence electrons. The number of ether oxygens (including phenoxy) is 1. The summed E-state index contributed by atoms with van der Waals surface area (Å²) in [6.45, 7) is 2.07. The Labute approximate surface area is 200 Å². The predicted octanol–water partition coefficient (Wildman–Crippen LogP) is 6.50. The first-order valence-corrected chi connectivity index (χ1v) is 11.1. The largest absolute Gasteiger partial charge is 0.573 e. The maximum atomic E-state index is 12.5. The number of benzene rings is 3. The van der Waals surface area contributed by atoms with Crippen LogP contribution in [0.5, 0.6) is 5.75 Å². The van der Waals surface area contributed by atoms with Crippen LogP contribution in [0.3, 0.4) is 0 Å². The van der Waals surface area contributed by atoms with Crippen molar-refractivity contribution in [2.75, 3.05) is 5.32 Å². The van der Waals surface area contributed by atoms with Crippen molar-refractivity contribution in [3.8, 4) is 5.75 Å². The molecule has 4 rings (SSSR count). The molecule has 4 aromatic rings. The van der Waals surface area contributed by atoms with Gasteiger partial charge in [0.15, 0.2) is 0 Å². The van der Waals surface area contributed by atoms with E-state index in [1.165, 1.54) is 24.3 Å². The molecule has 0 radical (unpaired) electrons. The van der Waals surface area contributed by atoms with Crippen molar-refractivity contribution in [1.29, 1.82) is 0 Å². The highest BCUT2D eigenvalue weighted by atomic mass is 19.4. The van der Waals surface area contributed by atoms with Crippen LogP contribution in [0, 0.1) is 0 Å². The van der Waals surface area contributed by atoms with E-state index >= 15 is 0 Å². The normalized spacial score (nSPS) is 12.5. The van der Waals surface area contributed by atoms with Crippen LogP contribution in [0.4, 0.5) is 24.8 Å². The van der Waals surface area contributed by atoms with Gasteiger partial charge >= 0.3 is 12.3 Å². The monoisotopic (exact) mass is 483 g/mol. The number of alkyl halides is 3. The number of hydrogen-bond donors (Lipinski definition) is 2. The highest BCUT2D eigenvalue weighted by Crippen LogP contribution is 2.31. The van der Waals surface area contributed by atoms with Gasteiger partial charge < -0.3 is 19.7 Å². The molecule has 6 nitrogen and oxygen atoms in total. The number of fused-ring (bicyclic) bond motifs is 1. The summed E-state index contributed by atoms with van der Waals surface area (Å²) in [6.07, 6.45) is -3.61. The standard InChI is InChI=1S/C26H24F3N3O3/c1-17(15-18-5-3-2-4-6-18)32-23-13-7-19(8-14-24(33)34)16-22(23)31-25(32)30-20-9-11-21(12-10-20)35-26(27,28)29/h2-7,9-13,16-17H,8,14-15H2,1H3,(H,30,31)(H,33,34). The lowest BCUT2D eigenvalue weighted by Gasteiger charge is -2.19. The number of hydrogen-bond acceptors (Lipinski definition) is 4. The van der Waals surface area contributed by atoms with Crippen molar-refractivity contribution >= 4 is 28.6 Å². The third kappa shape index (κ3) is 6.32. The van der Waals surface area contributed by atoms with E-state index in [4.69, 9.17) is 10.1 Å². The number of nitrogens with zero attached hydrogens (tertiary/aromatic N) is 2. The Kier molecular flexibility index (Phi) is 6.95. The van der Waals surface area contributed by atoms with E-state index in [2.05, 4.69) is 17.0 Å². The number of aliphatic carboxylic acids is 1. The number of anilines is 2. The lowest BCUT2D eigenvalue weighted by Crippen LogP contribution is -2.17. The van der Waals surface area contributed by atoms with Crippen LogP contribution in [0.1, 0.15) is 30.5 Å². The van der Waals surface area contributed by atoms with Gasteiger partial charge in [-0.2, -0.15) is 0 Å². The molecule has 0 saturated carbocycles. The second-order valence-electron chi connectivity index (χ2n) is 8.26. The predicted molar refractivity (Wildman–Crippen MR) is 127 cm³/mol. The van der Waals surface area contributed by atoms with Crippen molar-refractivity contribution in [2.45, 2.75) is 38.6 Å². The van der Waals surface area contributed by atoms with Gasteiger partial charge in [-0.3, -0.25) is 4.79 Å². The van der Waals surface area contributed by atoms with Crippen molar-refractivity contribution < 1.29 is 27.8 Å². The Morgan fingerprint density at radius 3 is 2.43 bits per heavy atom. The summed E-state index contributed by atoms with van der Waals surface area (Å²) in [5.41, 5.74) is 4.13. The molecule has 0 bridgehead atoms. The molecule has 0 amide bonds. The summed E-state index contributed by atoms with van der Waals surface area (Å²) in [5.74, 6) is -0.646. The first-order valence-electron chi connectivity index (χ1n) is 11.1. The highest BCUT2D eigenvalue weighted by Gasteiger charge is 2.31. The van der Waals surface area contributed by atoms with Crippen LogP contribution in [-0.4, -0.2) is 27.0 Å². The molecule has 0 saturated heterocycles. The Bertz CT molecular complexity index is 1300. The molecular weight excluding hydrogens is 459 g/mol. The van der Waals surface area contributed by atoms with E-state index in [0.717, 1.165) is 23.1 Å². The van der Waals surface area contributed by atoms with Crippen molar-refractivity contribution in [2.24, 2.45) is 0 Å². The molecule has 1 aromatic heterocycles. The maximum Gasteiger partial charge on any atom is 0.573 e. The lowest BCUT2D eigenvalue weighted by molar-refractivity contribution is -0.274. The SMILES string of the molecule is CC(Cc1ccccc1)n1c(Nc2ccc(OC(F)(F)F)cc2)nc2cc(CCC(=O)O)ccc21. The van der Waals surface area contributed by atoms with Crippen molar-refractivity contribution in [3.63, 3.8) is 0 Å². The van der Waals surface area contributed by atoms with Crippen LogP contribution < -0.4 is 10.1 Å². The van der Waals surface area contributed by atoms with E-state index < -0.39 is 12.3 Å². The van der Waals surface area contributed by atoms with E-state index in [9.17, 15) is 18.0 Å². The topological polar surface area (TPSA) is 76.4 Å². The second kappa shape index (κ2) is 10.1. The molecule has 0 aliphatic rings. The summed E-state index contributed by atoms with van der Waals surface area (Å²) < 4.78 is 43.4. The smallest absolute Gasteiger partial charge is 0.481 e. The minimum absolute atomic E-state index is 0.00241. The number of carboxylic acids is 1. The number of imidazole rings is 1. The summed E-state index contributed by atoms with van der Waals surface area (Å²) >= 11 is 0. The van der Waals surface area contributed by atoms with Gasteiger partial charge in [-0.1, -0.05) is 36.4 Å². The summed E-state index contributed by atoms with van der Waals surface area (Å²) in [5, 5.41) is 12.2. The first kappa shape index (κ1) is 24.1. The molecule has 0 spiro atoms.